The molecule has 0 saturated heterocycles. The molecule has 0 amide bonds. The topological polar surface area (TPSA) is 51.6 Å². The van der Waals surface area contributed by atoms with Crippen LogP contribution in [0, 0.1) is 13.8 Å². The van der Waals surface area contributed by atoms with Gasteiger partial charge in [-0.2, -0.15) is 0 Å². The monoisotopic (exact) mass is 566 g/mol. The first-order valence-corrected chi connectivity index (χ1v) is 14.7. The van der Waals surface area contributed by atoms with E-state index in [0.717, 1.165) is 27.9 Å². The lowest BCUT2D eigenvalue weighted by atomic mass is 9.92. The number of benzene rings is 5. The molecule has 0 bridgehead atoms. The van der Waals surface area contributed by atoms with E-state index in [1.807, 2.05) is 79.0 Å². The lowest BCUT2D eigenvalue weighted by Gasteiger charge is -2.12. The van der Waals surface area contributed by atoms with E-state index >= 15 is 0 Å². The van der Waals surface area contributed by atoms with Crippen LogP contribution in [0.15, 0.2) is 146 Å². The zero-order valence-electron chi connectivity index (χ0n) is 24.6. The number of aryl methyl sites for hydroxylation is 2. The van der Waals surface area contributed by atoms with Crippen LogP contribution in [0.3, 0.4) is 0 Å². The zero-order chi connectivity index (χ0) is 29.9. The van der Waals surface area contributed by atoms with Crippen molar-refractivity contribution in [1.29, 1.82) is 0 Å². The summed E-state index contributed by atoms with van der Waals surface area (Å²) in [5, 5.41) is 0. The number of nitrogens with zero attached hydrogens (tertiary/aromatic N) is 4. The molecule has 0 aliphatic rings. The lowest BCUT2D eigenvalue weighted by molar-refractivity contribution is 1.07. The van der Waals surface area contributed by atoms with E-state index in [1.165, 1.54) is 33.4 Å². The molecule has 2 aromatic heterocycles. The molecule has 0 spiro atoms. The maximum absolute atomic E-state index is 4.83. The molecule has 0 fully saturated rings. The molecule has 2 heterocycles. The predicted molar refractivity (Wildman–Crippen MR) is 180 cm³/mol. The summed E-state index contributed by atoms with van der Waals surface area (Å²) in [6.45, 7) is 4.30. The second kappa shape index (κ2) is 11.9. The van der Waals surface area contributed by atoms with Gasteiger partial charge >= 0.3 is 0 Å². The summed E-state index contributed by atoms with van der Waals surface area (Å²) in [7, 11) is 0. The van der Waals surface area contributed by atoms with Gasteiger partial charge in [0.1, 0.15) is 0 Å². The molecular weight excluding hydrogens is 536 g/mol. The molecule has 4 heteroatoms. The first-order chi connectivity index (χ1) is 21.6. The van der Waals surface area contributed by atoms with Gasteiger partial charge in [0.2, 0.25) is 0 Å². The third-order valence-electron chi connectivity index (χ3n) is 7.67. The summed E-state index contributed by atoms with van der Waals surface area (Å²) < 4.78 is 0. The van der Waals surface area contributed by atoms with Crippen molar-refractivity contribution in [2.24, 2.45) is 0 Å². The van der Waals surface area contributed by atoms with E-state index in [4.69, 9.17) is 19.9 Å². The Morgan fingerprint density at radius 1 is 0.364 bits per heavy atom. The van der Waals surface area contributed by atoms with Gasteiger partial charge in [0, 0.05) is 28.5 Å². The second-order valence-corrected chi connectivity index (χ2v) is 11.0. The summed E-state index contributed by atoms with van der Waals surface area (Å²) in [5.41, 5.74) is 12.1. The summed E-state index contributed by atoms with van der Waals surface area (Å²) >= 11 is 0. The Hall–Kier alpha value is -5.74. The quantitative estimate of drug-likeness (QED) is 0.201. The third-order valence-corrected chi connectivity index (χ3v) is 7.67. The maximum Gasteiger partial charge on any atom is 0.165 e. The van der Waals surface area contributed by atoms with Crippen molar-refractivity contribution in [2.45, 2.75) is 13.8 Å². The Balaban J connectivity index is 1.20. The molecule has 0 saturated carbocycles. The van der Waals surface area contributed by atoms with E-state index in [2.05, 4.69) is 80.6 Å². The molecule has 210 valence electrons. The van der Waals surface area contributed by atoms with Gasteiger partial charge in [0.15, 0.2) is 17.5 Å². The number of aromatic nitrogens is 4. The molecule has 7 aromatic rings. The minimum atomic E-state index is 0.593. The first kappa shape index (κ1) is 27.1. The molecule has 0 N–H and O–H groups in total. The second-order valence-electron chi connectivity index (χ2n) is 11.0. The van der Waals surface area contributed by atoms with E-state index in [0.29, 0.717) is 17.5 Å². The van der Waals surface area contributed by atoms with Crippen LogP contribution in [-0.4, -0.2) is 19.9 Å². The van der Waals surface area contributed by atoms with Gasteiger partial charge in [-0.15, -0.1) is 0 Å². The average molecular weight is 567 g/mol. The summed E-state index contributed by atoms with van der Waals surface area (Å²) in [5.74, 6) is 1.86. The van der Waals surface area contributed by atoms with Gasteiger partial charge in [-0.25, -0.2) is 15.0 Å². The fraction of sp³-hybridized carbons (Fsp3) is 0.0500. The van der Waals surface area contributed by atoms with Gasteiger partial charge in [-0.1, -0.05) is 139 Å². The van der Waals surface area contributed by atoms with Gasteiger partial charge in [-0.3, -0.25) is 4.98 Å². The molecule has 0 aliphatic carbocycles. The summed E-state index contributed by atoms with van der Waals surface area (Å²) in [6, 6.07) is 48.0. The highest BCUT2D eigenvalue weighted by molar-refractivity contribution is 5.84. The largest absolute Gasteiger partial charge is 0.255 e. The molecule has 0 aliphatic heterocycles. The molecular formula is C40H30N4. The molecule has 0 radical (unpaired) electrons. The standard InChI is InChI=1S/C40H30N4/c1-27-23-28(2)25-34(24-27)36-16-10-9-15-35(36)29-17-19-30(20-18-29)37-22-21-33(26-41-37)40-43-38(31-11-5-3-6-12-31)42-39(44-40)32-13-7-4-8-14-32/h3-26H,1-2H3. The van der Waals surface area contributed by atoms with Crippen molar-refractivity contribution in [3.63, 3.8) is 0 Å². The van der Waals surface area contributed by atoms with E-state index in [-0.39, 0.29) is 0 Å². The van der Waals surface area contributed by atoms with Crippen LogP contribution < -0.4 is 0 Å². The van der Waals surface area contributed by atoms with Crippen molar-refractivity contribution in [3.8, 4) is 67.7 Å². The number of pyridine rings is 1. The maximum atomic E-state index is 4.83. The average Bonchev–Trinajstić information content (AvgIpc) is 3.08. The SMILES string of the molecule is Cc1cc(C)cc(-c2ccccc2-c2ccc(-c3ccc(-c4nc(-c5ccccc5)nc(-c5ccccc5)n4)cn3)cc2)c1. The van der Waals surface area contributed by atoms with Crippen molar-refractivity contribution in [3.05, 3.63) is 157 Å². The Morgan fingerprint density at radius 2 is 0.818 bits per heavy atom. The van der Waals surface area contributed by atoms with E-state index in [9.17, 15) is 0 Å². The van der Waals surface area contributed by atoms with Crippen LogP contribution in [0.5, 0.6) is 0 Å². The van der Waals surface area contributed by atoms with Crippen LogP contribution in [0.4, 0.5) is 0 Å². The van der Waals surface area contributed by atoms with Crippen LogP contribution in [0.25, 0.3) is 67.7 Å². The fourth-order valence-corrected chi connectivity index (χ4v) is 5.57. The van der Waals surface area contributed by atoms with Crippen LogP contribution in [0.1, 0.15) is 11.1 Å². The Bertz CT molecular complexity index is 1970. The Kier molecular flexibility index (Phi) is 7.31. The van der Waals surface area contributed by atoms with Crippen molar-refractivity contribution < 1.29 is 0 Å². The zero-order valence-corrected chi connectivity index (χ0v) is 24.6. The molecule has 0 atom stereocenters. The molecule has 5 aromatic carbocycles. The highest BCUT2D eigenvalue weighted by Gasteiger charge is 2.13. The Morgan fingerprint density at radius 3 is 1.34 bits per heavy atom. The molecule has 7 rings (SSSR count). The molecule has 4 nitrogen and oxygen atoms in total. The summed E-state index contributed by atoms with van der Waals surface area (Å²) in [4.78, 5) is 19.3. The van der Waals surface area contributed by atoms with Crippen LogP contribution in [-0.2, 0) is 0 Å². The highest BCUT2D eigenvalue weighted by atomic mass is 15.0. The van der Waals surface area contributed by atoms with Crippen molar-refractivity contribution in [1.82, 2.24) is 19.9 Å². The Labute approximate surface area is 257 Å². The van der Waals surface area contributed by atoms with E-state index in [1.54, 1.807) is 0 Å². The smallest absolute Gasteiger partial charge is 0.165 e. The fourth-order valence-electron chi connectivity index (χ4n) is 5.57. The normalized spacial score (nSPS) is 11.0. The predicted octanol–water partition coefficient (Wildman–Crippen LogP) is 9.89. The minimum Gasteiger partial charge on any atom is -0.255 e. The van der Waals surface area contributed by atoms with Crippen molar-refractivity contribution in [2.75, 3.05) is 0 Å². The van der Waals surface area contributed by atoms with Crippen LogP contribution in [0.2, 0.25) is 0 Å². The van der Waals surface area contributed by atoms with Gasteiger partial charge < -0.3 is 0 Å². The number of hydrogen-bond acceptors (Lipinski definition) is 4. The third kappa shape index (κ3) is 5.66. The first-order valence-electron chi connectivity index (χ1n) is 14.7. The minimum absolute atomic E-state index is 0.593. The number of rotatable bonds is 6. The van der Waals surface area contributed by atoms with Crippen LogP contribution >= 0.6 is 0 Å². The van der Waals surface area contributed by atoms with Gasteiger partial charge in [0.05, 0.1) is 5.69 Å². The lowest BCUT2D eigenvalue weighted by Crippen LogP contribution is -2.00. The van der Waals surface area contributed by atoms with Gasteiger partial charge in [-0.05, 0) is 48.2 Å². The van der Waals surface area contributed by atoms with E-state index < -0.39 is 0 Å². The highest BCUT2D eigenvalue weighted by Crippen LogP contribution is 2.34. The number of hydrogen-bond donors (Lipinski definition) is 0. The van der Waals surface area contributed by atoms with Gasteiger partial charge in [0.25, 0.3) is 0 Å². The summed E-state index contributed by atoms with van der Waals surface area (Å²) in [6.07, 6.45) is 1.84. The van der Waals surface area contributed by atoms with Crippen molar-refractivity contribution >= 4 is 0 Å². The molecule has 44 heavy (non-hydrogen) atoms. The molecule has 0 unspecified atom stereocenters.